The maximum Gasteiger partial charge on any atom is 0.323 e. The molecule has 0 spiro atoms. The lowest BCUT2D eigenvalue weighted by atomic mass is 10.1. The van der Waals surface area contributed by atoms with E-state index < -0.39 is 24.2 Å². The summed E-state index contributed by atoms with van der Waals surface area (Å²) < 4.78 is 5.48. The molecule has 3 N–H and O–H groups in total. The van der Waals surface area contributed by atoms with E-state index in [-0.39, 0.29) is 6.54 Å². The van der Waals surface area contributed by atoms with Gasteiger partial charge in [-0.1, -0.05) is 30.3 Å². The van der Waals surface area contributed by atoms with Gasteiger partial charge >= 0.3 is 5.97 Å². The first kappa shape index (κ1) is 12.0. The molecule has 0 amide bonds. The monoisotopic (exact) mass is 237 g/mol. The fourth-order valence-electron chi connectivity index (χ4n) is 1.90. The number of nitrogens with one attached hydrogen (secondary N) is 1. The highest BCUT2D eigenvalue weighted by Crippen LogP contribution is 2.15. The van der Waals surface area contributed by atoms with Crippen LogP contribution in [0.3, 0.4) is 0 Å². The van der Waals surface area contributed by atoms with Gasteiger partial charge in [-0.2, -0.15) is 0 Å². The number of benzene rings is 1. The van der Waals surface area contributed by atoms with Crippen LogP contribution in [0.2, 0.25) is 0 Å². The van der Waals surface area contributed by atoms with Crippen LogP contribution in [0.4, 0.5) is 0 Å². The third kappa shape index (κ3) is 2.82. The number of carboxylic acids is 1. The molecule has 2 unspecified atom stereocenters. The van der Waals surface area contributed by atoms with Crippen molar-refractivity contribution < 1.29 is 19.7 Å². The molecular formula is C12H15NO4. The Balaban J connectivity index is 1.95. The number of β-amino-alcohol motifs (C(OH)–C–C–N with tert-alkyl or cyclic N) is 1. The Hall–Kier alpha value is -1.43. The second kappa shape index (κ2) is 5.27. The largest absolute Gasteiger partial charge is 0.480 e. The summed E-state index contributed by atoms with van der Waals surface area (Å²) in [6.07, 6.45) is -1.48. The summed E-state index contributed by atoms with van der Waals surface area (Å²) in [5.41, 5.74) is 0.954. The Labute approximate surface area is 99.0 Å². The normalized spacial score (nSPS) is 28.2. The summed E-state index contributed by atoms with van der Waals surface area (Å²) in [6, 6.07) is 8.62. The average molecular weight is 237 g/mol. The zero-order chi connectivity index (χ0) is 12.3. The zero-order valence-corrected chi connectivity index (χ0v) is 9.24. The molecule has 0 saturated carbocycles. The van der Waals surface area contributed by atoms with E-state index in [0.717, 1.165) is 5.56 Å². The van der Waals surface area contributed by atoms with Crippen molar-refractivity contribution in [2.24, 2.45) is 0 Å². The standard InChI is InChI=1S/C12H15NO4/c14-9-6-13-10(12(15)16)11(9)17-7-8-4-2-1-3-5-8/h1-5,9-11,13-14H,6-7H2,(H,15,16)/t9?,10-,11?/m0/s1. The first-order valence-electron chi connectivity index (χ1n) is 5.48. The fourth-order valence-corrected chi connectivity index (χ4v) is 1.90. The maximum absolute atomic E-state index is 10.9. The molecule has 1 aliphatic rings. The van der Waals surface area contributed by atoms with E-state index in [1.807, 2.05) is 30.3 Å². The van der Waals surface area contributed by atoms with Crippen molar-refractivity contribution in [1.82, 2.24) is 5.32 Å². The first-order chi connectivity index (χ1) is 8.18. The van der Waals surface area contributed by atoms with Crippen molar-refractivity contribution in [3.63, 3.8) is 0 Å². The summed E-state index contributed by atoms with van der Waals surface area (Å²) in [7, 11) is 0. The number of aliphatic carboxylic acids is 1. The van der Waals surface area contributed by atoms with Crippen LogP contribution in [0.5, 0.6) is 0 Å². The van der Waals surface area contributed by atoms with Crippen molar-refractivity contribution in [2.45, 2.75) is 24.9 Å². The van der Waals surface area contributed by atoms with Gasteiger partial charge < -0.3 is 14.9 Å². The van der Waals surface area contributed by atoms with E-state index in [1.165, 1.54) is 0 Å². The Morgan fingerprint density at radius 1 is 1.41 bits per heavy atom. The van der Waals surface area contributed by atoms with E-state index in [9.17, 15) is 9.90 Å². The predicted octanol–water partition coefficient (Wildman–Crippen LogP) is -0.0109. The van der Waals surface area contributed by atoms with Gasteiger partial charge in [-0.25, -0.2) is 0 Å². The topological polar surface area (TPSA) is 78.8 Å². The SMILES string of the molecule is O=C(O)[C@H]1NCC(O)C1OCc1ccccc1. The van der Waals surface area contributed by atoms with Gasteiger partial charge in [0.05, 0.1) is 12.7 Å². The molecule has 2 rings (SSSR count). The summed E-state index contributed by atoms with van der Waals surface area (Å²) in [4.78, 5) is 10.9. The lowest BCUT2D eigenvalue weighted by Crippen LogP contribution is -2.41. The van der Waals surface area contributed by atoms with Gasteiger partial charge in [-0.3, -0.25) is 10.1 Å². The number of carboxylic acid groups (broad SMARTS) is 1. The van der Waals surface area contributed by atoms with Gasteiger partial charge in [0.25, 0.3) is 0 Å². The Morgan fingerprint density at radius 3 is 2.76 bits per heavy atom. The Morgan fingerprint density at radius 2 is 2.12 bits per heavy atom. The third-order valence-corrected chi connectivity index (χ3v) is 2.81. The van der Waals surface area contributed by atoms with Crippen molar-refractivity contribution >= 4 is 5.97 Å². The van der Waals surface area contributed by atoms with Gasteiger partial charge in [0.1, 0.15) is 12.1 Å². The van der Waals surface area contributed by atoms with Crippen LogP contribution in [0, 0.1) is 0 Å². The zero-order valence-electron chi connectivity index (χ0n) is 9.24. The molecule has 3 atom stereocenters. The number of carbonyl (C=O) groups is 1. The van der Waals surface area contributed by atoms with Crippen molar-refractivity contribution in [3.8, 4) is 0 Å². The van der Waals surface area contributed by atoms with Gasteiger partial charge in [0.15, 0.2) is 0 Å². The van der Waals surface area contributed by atoms with Crippen molar-refractivity contribution in [1.29, 1.82) is 0 Å². The third-order valence-electron chi connectivity index (χ3n) is 2.81. The molecule has 0 radical (unpaired) electrons. The molecule has 1 heterocycles. The molecule has 0 aliphatic carbocycles. The number of ether oxygens (including phenoxy) is 1. The van der Waals surface area contributed by atoms with Gasteiger partial charge in [0, 0.05) is 6.54 Å². The summed E-state index contributed by atoms with van der Waals surface area (Å²) in [6.45, 7) is 0.546. The van der Waals surface area contributed by atoms with Crippen LogP contribution in [-0.4, -0.2) is 41.0 Å². The highest BCUT2D eigenvalue weighted by Gasteiger charge is 2.40. The van der Waals surface area contributed by atoms with E-state index in [1.54, 1.807) is 0 Å². The minimum absolute atomic E-state index is 0.246. The summed E-state index contributed by atoms with van der Waals surface area (Å²) in [5.74, 6) is -1.00. The van der Waals surface area contributed by atoms with Crippen LogP contribution >= 0.6 is 0 Å². The van der Waals surface area contributed by atoms with E-state index in [2.05, 4.69) is 5.32 Å². The van der Waals surface area contributed by atoms with Crippen LogP contribution in [0.1, 0.15) is 5.56 Å². The van der Waals surface area contributed by atoms with Crippen LogP contribution in [0.15, 0.2) is 30.3 Å². The molecular weight excluding hydrogens is 222 g/mol. The van der Waals surface area contributed by atoms with Crippen LogP contribution < -0.4 is 5.32 Å². The fraction of sp³-hybridized carbons (Fsp3) is 0.417. The van der Waals surface area contributed by atoms with E-state index in [4.69, 9.17) is 9.84 Å². The quantitative estimate of drug-likeness (QED) is 0.686. The minimum atomic E-state index is -1.00. The Bertz CT molecular complexity index is 381. The molecule has 0 bridgehead atoms. The van der Waals surface area contributed by atoms with Crippen molar-refractivity contribution in [2.75, 3.05) is 6.54 Å². The number of aliphatic hydroxyl groups is 1. The number of hydrogen-bond acceptors (Lipinski definition) is 4. The lowest BCUT2D eigenvalue weighted by Gasteiger charge is -2.19. The molecule has 1 aliphatic heterocycles. The molecule has 1 aromatic rings. The molecule has 1 fully saturated rings. The van der Waals surface area contributed by atoms with Crippen LogP contribution in [0.25, 0.3) is 0 Å². The highest BCUT2D eigenvalue weighted by atomic mass is 16.5. The van der Waals surface area contributed by atoms with E-state index in [0.29, 0.717) is 6.61 Å². The van der Waals surface area contributed by atoms with E-state index >= 15 is 0 Å². The summed E-state index contributed by atoms with van der Waals surface area (Å²) in [5, 5.41) is 21.3. The minimum Gasteiger partial charge on any atom is -0.480 e. The second-order valence-electron chi connectivity index (χ2n) is 4.05. The number of hydrogen-bond donors (Lipinski definition) is 3. The average Bonchev–Trinajstić information content (AvgIpc) is 2.69. The van der Waals surface area contributed by atoms with Gasteiger partial charge in [-0.15, -0.1) is 0 Å². The predicted molar refractivity (Wildman–Crippen MR) is 60.5 cm³/mol. The molecule has 0 aromatic heterocycles. The number of aliphatic hydroxyl groups excluding tert-OH is 1. The molecule has 17 heavy (non-hydrogen) atoms. The highest BCUT2D eigenvalue weighted by molar-refractivity contribution is 5.75. The molecule has 5 heteroatoms. The van der Waals surface area contributed by atoms with Crippen LogP contribution in [-0.2, 0) is 16.1 Å². The molecule has 1 saturated heterocycles. The Kier molecular flexibility index (Phi) is 3.73. The van der Waals surface area contributed by atoms with Gasteiger partial charge in [0.2, 0.25) is 0 Å². The lowest BCUT2D eigenvalue weighted by molar-refractivity contribution is -0.144. The van der Waals surface area contributed by atoms with Crippen molar-refractivity contribution in [3.05, 3.63) is 35.9 Å². The molecule has 5 nitrogen and oxygen atoms in total. The molecule has 92 valence electrons. The maximum atomic E-state index is 10.9. The molecule has 1 aromatic carbocycles. The van der Waals surface area contributed by atoms with Gasteiger partial charge in [-0.05, 0) is 5.56 Å². The number of rotatable bonds is 4. The second-order valence-corrected chi connectivity index (χ2v) is 4.05. The first-order valence-corrected chi connectivity index (χ1v) is 5.48. The summed E-state index contributed by atoms with van der Waals surface area (Å²) >= 11 is 0. The smallest absolute Gasteiger partial charge is 0.323 e.